The number of amides is 2. The van der Waals surface area contributed by atoms with Gasteiger partial charge in [0.25, 0.3) is 5.56 Å². The van der Waals surface area contributed by atoms with Gasteiger partial charge in [-0.2, -0.15) is 4.98 Å². The minimum Gasteiger partial charge on any atom is -0.326 e. The summed E-state index contributed by atoms with van der Waals surface area (Å²) in [7, 11) is 0. The van der Waals surface area contributed by atoms with E-state index in [9.17, 15) is 18.8 Å². The summed E-state index contributed by atoms with van der Waals surface area (Å²) in [6.07, 6.45) is -0.181. The average molecular weight is 443 g/mol. The van der Waals surface area contributed by atoms with Crippen LogP contribution in [0.5, 0.6) is 0 Å². The molecule has 0 saturated heterocycles. The van der Waals surface area contributed by atoms with Crippen LogP contribution in [0.15, 0.2) is 71.5 Å². The van der Waals surface area contributed by atoms with Crippen LogP contribution in [0.4, 0.5) is 27.5 Å². The van der Waals surface area contributed by atoms with E-state index in [-0.39, 0.29) is 23.8 Å². The van der Waals surface area contributed by atoms with E-state index in [1.54, 1.807) is 6.07 Å². The monoisotopic (exact) mass is 443 g/mol. The molecule has 9 heteroatoms. The van der Waals surface area contributed by atoms with Crippen molar-refractivity contribution >= 4 is 45.7 Å². The molecule has 1 aliphatic heterocycles. The van der Waals surface area contributed by atoms with E-state index >= 15 is 0 Å². The summed E-state index contributed by atoms with van der Waals surface area (Å²) in [5.74, 6) is -2.25. The number of rotatable bonds is 4. The molecule has 33 heavy (non-hydrogen) atoms. The van der Waals surface area contributed by atoms with Gasteiger partial charge < -0.3 is 16.0 Å². The van der Waals surface area contributed by atoms with Gasteiger partial charge in [-0.25, -0.2) is 4.39 Å². The highest BCUT2D eigenvalue weighted by Gasteiger charge is 2.35. The molecule has 5 rings (SSSR count). The smallest absolute Gasteiger partial charge is 0.258 e. The largest absolute Gasteiger partial charge is 0.326 e. The van der Waals surface area contributed by atoms with Gasteiger partial charge in [-0.05, 0) is 35.7 Å². The third kappa shape index (κ3) is 4.03. The second kappa shape index (κ2) is 8.19. The maximum atomic E-state index is 13.2. The Morgan fingerprint density at radius 3 is 2.58 bits per heavy atom. The first-order valence-corrected chi connectivity index (χ1v) is 10.2. The number of anilines is 4. The first kappa shape index (κ1) is 20.4. The zero-order valence-electron chi connectivity index (χ0n) is 17.2. The third-order valence-electron chi connectivity index (χ3n) is 5.42. The van der Waals surface area contributed by atoms with Crippen molar-refractivity contribution in [2.24, 2.45) is 0 Å². The summed E-state index contributed by atoms with van der Waals surface area (Å²) < 4.78 is 13.1. The van der Waals surface area contributed by atoms with E-state index in [1.165, 1.54) is 24.3 Å². The van der Waals surface area contributed by atoms with Gasteiger partial charge in [0.05, 0.1) is 11.5 Å². The van der Waals surface area contributed by atoms with Gasteiger partial charge in [0.2, 0.25) is 17.8 Å². The molecule has 1 aliphatic rings. The Bertz CT molecular complexity index is 1440. The molecule has 1 atom stereocenters. The van der Waals surface area contributed by atoms with Crippen molar-refractivity contribution in [3.05, 3.63) is 88.5 Å². The van der Waals surface area contributed by atoms with Crippen LogP contribution < -0.4 is 21.5 Å². The lowest BCUT2D eigenvalue weighted by molar-refractivity contribution is -0.123. The van der Waals surface area contributed by atoms with Gasteiger partial charge in [0, 0.05) is 23.2 Å². The van der Waals surface area contributed by atoms with E-state index in [4.69, 9.17) is 0 Å². The highest BCUT2D eigenvalue weighted by Crippen LogP contribution is 2.31. The molecule has 1 aromatic heterocycles. The number of halogens is 1. The first-order chi connectivity index (χ1) is 16.0. The normalized spacial score (nSPS) is 14.9. The van der Waals surface area contributed by atoms with E-state index in [0.717, 1.165) is 10.8 Å². The summed E-state index contributed by atoms with van der Waals surface area (Å²) in [4.78, 5) is 45.2. The summed E-state index contributed by atoms with van der Waals surface area (Å²) in [5, 5.41) is 10.1. The van der Waals surface area contributed by atoms with Crippen LogP contribution in [0, 0.1) is 5.82 Å². The Balaban J connectivity index is 1.46. The van der Waals surface area contributed by atoms with Gasteiger partial charge in [0.1, 0.15) is 11.6 Å². The molecule has 2 amide bonds. The molecular formula is C24H18FN5O3. The molecule has 8 nitrogen and oxygen atoms in total. The second-order valence-corrected chi connectivity index (χ2v) is 7.63. The van der Waals surface area contributed by atoms with Crippen molar-refractivity contribution in [3.8, 4) is 0 Å². The Morgan fingerprint density at radius 1 is 1.00 bits per heavy atom. The molecule has 4 N–H and O–H groups in total. The van der Waals surface area contributed by atoms with E-state index in [0.29, 0.717) is 11.4 Å². The van der Waals surface area contributed by atoms with Gasteiger partial charge in [-0.3, -0.25) is 19.4 Å². The molecule has 0 unspecified atom stereocenters. The predicted octanol–water partition coefficient (Wildman–Crippen LogP) is 3.87. The highest BCUT2D eigenvalue weighted by atomic mass is 19.1. The highest BCUT2D eigenvalue weighted by molar-refractivity contribution is 6.08. The van der Waals surface area contributed by atoms with Crippen LogP contribution in [-0.4, -0.2) is 21.8 Å². The Morgan fingerprint density at radius 2 is 1.76 bits per heavy atom. The molecule has 0 radical (unpaired) electrons. The van der Waals surface area contributed by atoms with Crippen molar-refractivity contribution < 1.29 is 14.0 Å². The molecular weight excluding hydrogens is 425 g/mol. The number of aromatic amines is 1. The number of carbonyl (C=O) groups is 2. The number of benzene rings is 3. The lowest BCUT2D eigenvalue weighted by Crippen LogP contribution is -2.36. The topological polar surface area (TPSA) is 116 Å². The van der Waals surface area contributed by atoms with Crippen LogP contribution in [0.3, 0.4) is 0 Å². The van der Waals surface area contributed by atoms with Gasteiger partial charge >= 0.3 is 0 Å². The van der Waals surface area contributed by atoms with Crippen molar-refractivity contribution in [3.63, 3.8) is 0 Å². The van der Waals surface area contributed by atoms with Crippen LogP contribution >= 0.6 is 0 Å². The van der Waals surface area contributed by atoms with Crippen LogP contribution in [0.2, 0.25) is 0 Å². The summed E-state index contributed by atoms with van der Waals surface area (Å²) >= 11 is 0. The zero-order chi connectivity index (χ0) is 22.9. The fraction of sp³-hybridized carbons (Fsp3) is 0.0833. The van der Waals surface area contributed by atoms with Gasteiger partial charge in [-0.15, -0.1) is 0 Å². The fourth-order valence-electron chi connectivity index (χ4n) is 3.88. The first-order valence-electron chi connectivity index (χ1n) is 10.2. The zero-order valence-corrected chi connectivity index (χ0v) is 17.2. The number of hydrogen-bond donors (Lipinski definition) is 4. The number of carbonyl (C=O) groups excluding carboxylic acids is 2. The van der Waals surface area contributed by atoms with E-state index in [2.05, 4.69) is 25.9 Å². The quantitative estimate of drug-likeness (QED) is 0.382. The van der Waals surface area contributed by atoms with E-state index in [1.807, 2.05) is 36.4 Å². The molecule has 164 valence electrons. The molecule has 0 aliphatic carbocycles. The van der Waals surface area contributed by atoms with Crippen molar-refractivity contribution in [2.75, 3.05) is 16.0 Å². The maximum Gasteiger partial charge on any atom is 0.258 e. The molecule has 0 bridgehead atoms. The molecule has 0 fully saturated rings. The average Bonchev–Trinajstić information content (AvgIpc) is 2.80. The standard InChI is InChI=1S/C24H18FN5O3/c25-14-8-10-15(11-9-14)26-24-29-21-20(23(33)30-24)17(12-19(31)28-21)22(32)27-18-7-3-5-13-4-1-2-6-16(13)18/h1-11,17H,12H2,(H,27,32)(H3,26,28,29,30,31,33)/t17-/m1/s1. The molecule has 4 aromatic rings. The number of nitrogens with zero attached hydrogens (tertiary/aromatic N) is 1. The van der Waals surface area contributed by atoms with Crippen molar-refractivity contribution in [2.45, 2.75) is 12.3 Å². The van der Waals surface area contributed by atoms with Crippen molar-refractivity contribution in [1.82, 2.24) is 9.97 Å². The number of aromatic nitrogens is 2. The van der Waals surface area contributed by atoms with E-state index < -0.39 is 29.1 Å². The summed E-state index contributed by atoms with van der Waals surface area (Å²) in [5.41, 5.74) is 0.608. The summed E-state index contributed by atoms with van der Waals surface area (Å²) in [6.45, 7) is 0. The number of H-pyrrole nitrogens is 1. The Kier molecular flexibility index (Phi) is 5.06. The number of fused-ring (bicyclic) bond motifs is 2. The van der Waals surface area contributed by atoms with Crippen molar-refractivity contribution in [1.29, 1.82) is 0 Å². The minimum atomic E-state index is -1.01. The van der Waals surface area contributed by atoms with Crippen LogP contribution in [-0.2, 0) is 9.59 Å². The minimum absolute atomic E-state index is 0.0117. The van der Waals surface area contributed by atoms with Gasteiger partial charge in [0.15, 0.2) is 0 Å². The Hall–Kier alpha value is -4.53. The molecule has 2 heterocycles. The second-order valence-electron chi connectivity index (χ2n) is 7.63. The van der Waals surface area contributed by atoms with Crippen LogP contribution in [0.1, 0.15) is 17.9 Å². The molecule has 3 aromatic carbocycles. The fourth-order valence-corrected chi connectivity index (χ4v) is 3.88. The number of hydrogen-bond acceptors (Lipinski definition) is 5. The molecule has 0 saturated carbocycles. The lowest BCUT2D eigenvalue weighted by atomic mass is 9.92. The molecule has 0 spiro atoms. The SMILES string of the molecule is O=C1C[C@@H](C(=O)Nc2cccc3ccccc23)c2c(nc(Nc3ccc(F)cc3)[nH]c2=O)N1. The maximum absolute atomic E-state index is 13.2. The summed E-state index contributed by atoms with van der Waals surface area (Å²) in [6, 6.07) is 18.6. The third-order valence-corrected chi connectivity index (χ3v) is 5.42. The number of nitrogens with one attached hydrogen (secondary N) is 4. The van der Waals surface area contributed by atoms with Gasteiger partial charge in [-0.1, -0.05) is 36.4 Å². The Labute approximate surface area is 186 Å². The predicted molar refractivity (Wildman–Crippen MR) is 123 cm³/mol. The van der Waals surface area contributed by atoms with Crippen LogP contribution in [0.25, 0.3) is 10.8 Å². The lowest BCUT2D eigenvalue weighted by Gasteiger charge is -2.24.